The molecule has 0 aromatic rings. The second kappa shape index (κ2) is 7.84. The summed E-state index contributed by atoms with van der Waals surface area (Å²) in [6, 6.07) is -2.06. The van der Waals surface area contributed by atoms with Gasteiger partial charge in [-0.2, -0.15) is 13.5 Å². The molecule has 2 bridgehead atoms. The lowest BCUT2D eigenvalue weighted by molar-refractivity contribution is -0.157. The highest BCUT2D eigenvalue weighted by Crippen LogP contribution is 2.40. The number of ether oxygens (including phenoxy) is 1. The van der Waals surface area contributed by atoms with E-state index in [1.54, 1.807) is 6.92 Å². The highest BCUT2D eigenvalue weighted by atomic mass is 32.3. The third-order valence-corrected chi connectivity index (χ3v) is 6.32. The van der Waals surface area contributed by atoms with E-state index in [-0.39, 0.29) is 13.2 Å². The monoisotopic (exact) mass is 419 g/mol. The van der Waals surface area contributed by atoms with Crippen LogP contribution < -0.4 is 5.73 Å². The van der Waals surface area contributed by atoms with Gasteiger partial charge in [-0.15, -0.1) is 4.28 Å². The zero-order valence-electron chi connectivity index (χ0n) is 15.7. The van der Waals surface area contributed by atoms with Gasteiger partial charge in [0.15, 0.2) is 0 Å². The molecule has 2 heterocycles. The molecule has 3 aliphatic rings. The summed E-state index contributed by atoms with van der Waals surface area (Å²) in [6.45, 7) is 1.60. The predicted octanol–water partition coefficient (Wildman–Crippen LogP) is 0.0568. The fraction of sp³-hybridized carbons (Fsp3) is 0.812. The van der Waals surface area contributed by atoms with Crippen LogP contribution in [0.1, 0.15) is 45.4 Å². The molecule has 2 saturated heterocycles. The van der Waals surface area contributed by atoms with E-state index < -0.39 is 52.4 Å². The van der Waals surface area contributed by atoms with Gasteiger partial charge < -0.3 is 15.4 Å². The van der Waals surface area contributed by atoms with Crippen LogP contribution in [-0.2, 0) is 33.2 Å². The summed E-state index contributed by atoms with van der Waals surface area (Å²) in [6.07, 6.45) is 3.15. The molecule has 0 aromatic heterocycles. The second-order valence-corrected chi connectivity index (χ2v) is 8.56. The number of carbonyl (C=O) groups is 3. The maximum atomic E-state index is 12.4. The highest BCUT2D eigenvalue weighted by Gasteiger charge is 2.50. The largest absolute Gasteiger partial charge is 0.465 e. The summed E-state index contributed by atoms with van der Waals surface area (Å²) in [4.78, 5) is 37.4. The number of primary amides is 1. The lowest BCUT2D eigenvalue weighted by atomic mass is 9.87. The zero-order valence-corrected chi connectivity index (χ0v) is 16.5. The average molecular weight is 419 g/mol. The van der Waals surface area contributed by atoms with Crippen LogP contribution >= 0.6 is 0 Å². The van der Waals surface area contributed by atoms with Crippen LogP contribution in [0.3, 0.4) is 0 Å². The first kappa shape index (κ1) is 20.8. The minimum absolute atomic E-state index is 0.148. The molecule has 28 heavy (non-hydrogen) atoms. The molecule has 12 heteroatoms. The average Bonchev–Trinajstić information content (AvgIpc) is 3.21. The van der Waals surface area contributed by atoms with Crippen LogP contribution in [0.5, 0.6) is 0 Å². The first-order valence-corrected chi connectivity index (χ1v) is 10.7. The Morgan fingerprint density at radius 1 is 1.25 bits per heavy atom. The standard InChI is InChI=1S/C16H25N3O8S/c1-2-25-14(21)16(7-3-4-8-16)10-26-28(23,24)27-19-11-5-6-12(13(17)20)18(9-11)15(19)22/h11-12H,2-10H2,1H3,(H2,17,20)/t11-,12+/m1/s1. The van der Waals surface area contributed by atoms with Crippen molar-refractivity contribution in [3.63, 3.8) is 0 Å². The van der Waals surface area contributed by atoms with Gasteiger partial charge in [-0.1, -0.05) is 12.8 Å². The lowest BCUT2D eigenvalue weighted by Crippen LogP contribution is -2.47. The number of rotatable bonds is 8. The van der Waals surface area contributed by atoms with Gasteiger partial charge in [0, 0.05) is 6.54 Å². The van der Waals surface area contributed by atoms with Gasteiger partial charge in [-0.3, -0.25) is 9.59 Å². The fourth-order valence-corrected chi connectivity index (χ4v) is 4.87. The van der Waals surface area contributed by atoms with Gasteiger partial charge in [0.1, 0.15) is 6.04 Å². The number of esters is 1. The van der Waals surface area contributed by atoms with Crippen LogP contribution in [0.15, 0.2) is 0 Å². The van der Waals surface area contributed by atoms with Crippen molar-refractivity contribution in [1.29, 1.82) is 0 Å². The number of nitrogens with two attached hydrogens (primary N) is 1. The van der Waals surface area contributed by atoms with Crippen molar-refractivity contribution < 1.29 is 36.0 Å². The summed E-state index contributed by atoms with van der Waals surface area (Å²) < 4.78 is 39.5. The van der Waals surface area contributed by atoms with Crippen molar-refractivity contribution in [1.82, 2.24) is 9.96 Å². The minimum atomic E-state index is -4.59. The van der Waals surface area contributed by atoms with Gasteiger partial charge in [0.05, 0.1) is 24.7 Å². The number of urea groups is 1. The predicted molar refractivity (Wildman–Crippen MR) is 93.4 cm³/mol. The van der Waals surface area contributed by atoms with Crippen molar-refractivity contribution in [3.05, 3.63) is 0 Å². The summed E-state index contributed by atoms with van der Waals surface area (Å²) in [5, 5.41) is 0.712. The number of nitrogens with zero attached hydrogens (tertiary/aromatic N) is 2. The molecule has 1 saturated carbocycles. The normalized spacial score (nSPS) is 26.5. The van der Waals surface area contributed by atoms with E-state index in [1.807, 2.05) is 0 Å². The molecule has 0 aromatic carbocycles. The van der Waals surface area contributed by atoms with Crippen molar-refractivity contribution in [3.8, 4) is 0 Å². The van der Waals surface area contributed by atoms with Crippen LogP contribution in [0.25, 0.3) is 0 Å². The number of piperidine rings is 1. The third-order valence-electron chi connectivity index (χ3n) is 5.57. The van der Waals surface area contributed by atoms with Crippen molar-refractivity contribution in [2.75, 3.05) is 19.8 Å². The summed E-state index contributed by atoms with van der Waals surface area (Å²) in [5.41, 5.74) is 4.26. The molecule has 2 aliphatic heterocycles. The van der Waals surface area contributed by atoms with E-state index in [0.29, 0.717) is 30.7 Å². The second-order valence-electron chi connectivity index (χ2n) is 7.36. The molecular weight excluding hydrogens is 394 g/mol. The van der Waals surface area contributed by atoms with E-state index in [9.17, 15) is 22.8 Å². The first-order chi connectivity index (χ1) is 13.2. The van der Waals surface area contributed by atoms with Gasteiger partial charge in [-0.05, 0) is 32.6 Å². The molecule has 0 unspecified atom stereocenters. The first-order valence-electron chi connectivity index (χ1n) is 9.34. The molecule has 0 radical (unpaired) electrons. The van der Waals surface area contributed by atoms with E-state index in [2.05, 4.69) is 0 Å². The lowest BCUT2D eigenvalue weighted by Gasteiger charge is -2.27. The summed E-state index contributed by atoms with van der Waals surface area (Å²) in [7, 11) is -4.59. The van der Waals surface area contributed by atoms with E-state index in [4.69, 9.17) is 18.9 Å². The van der Waals surface area contributed by atoms with E-state index in [0.717, 1.165) is 12.8 Å². The Balaban J connectivity index is 1.65. The van der Waals surface area contributed by atoms with Crippen molar-refractivity contribution in [2.45, 2.75) is 57.5 Å². The Morgan fingerprint density at radius 2 is 1.93 bits per heavy atom. The molecule has 3 rings (SSSR count). The van der Waals surface area contributed by atoms with Gasteiger partial charge >= 0.3 is 22.4 Å². The zero-order chi connectivity index (χ0) is 20.5. The molecule has 3 fully saturated rings. The molecule has 158 valence electrons. The third kappa shape index (κ3) is 3.94. The number of hydrogen-bond acceptors (Lipinski definition) is 8. The Morgan fingerprint density at radius 3 is 2.54 bits per heavy atom. The highest BCUT2D eigenvalue weighted by molar-refractivity contribution is 7.81. The number of hydrogen-bond donors (Lipinski definition) is 1. The summed E-state index contributed by atoms with van der Waals surface area (Å²) >= 11 is 0. The van der Waals surface area contributed by atoms with Crippen LogP contribution in [0, 0.1) is 5.41 Å². The van der Waals surface area contributed by atoms with Crippen molar-refractivity contribution >= 4 is 28.3 Å². The SMILES string of the molecule is CCOC(=O)C1(COS(=O)(=O)ON2C(=O)N3C[C@H]2CC[C@H]3C(N)=O)CCCC1. The number of amides is 3. The Hall–Kier alpha value is -1.92. The van der Waals surface area contributed by atoms with Gasteiger partial charge in [0.2, 0.25) is 5.91 Å². The van der Waals surface area contributed by atoms with E-state index >= 15 is 0 Å². The van der Waals surface area contributed by atoms with Crippen molar-refractivity contribution in [2.24, 2.45) is 11.1 Å². The smallest absolute Gasteiger partial charge is 0.421 e. The molecule has 1 aliphatic carbocycles. The minimum Gasteiger partial charge on any atom is -0.465 e. The van der Waals surface area contributed by atoms with Crippen LogP contribution in [0.2, 0.25) is 0 Å². The Bertz CT molecular complexity index is 749. The van der Waals surface area contributed by atoms with Gasteiger partial charge in [-0.25, -0.2) is 8.98 Å². The topological polar surface area (TPSA) is 146 Å². The maximum Gasteiger partial charge on any atom is 0.421 e. The Labute approximate surface area is 163 Å². The molecule has 2 atom stereocenters. The number of fused-ring (bicyclic) bond motifs is 2. The molecular formula is C16H25N3O8S. The molecule has 2 N–H and O–H groups in total. The van der Waals surface area contributed by atoms with E-state index in [1.165, 1.54) is 4.90 Å². The quantitative estimate of drug-likeness (QED) is 0.543. The van der Waals surface area contributed by atoms with Gasteiger partial charge in [0.25, 0.3) is 0 Å². The number of hydroxylamine groups is 2. The molecule has 0 spiro atoms. The number of carbonyl (C=O) groups excluding carboxylic acids is 3. The van der Waals surface area contributed by atoms with Crippen LogP contribution in [0.4, 0.5) is 4.79 Å². The maximum absolute atomic E-state index is 12.4. The van der Waals surface area contributed by atoms with Crippen LogP contribution in [-0.4, -0.2) is 68.1 Å². The molecule has 3 amide bonds. The Kier molecular flexibility index (Phi) is 5.82. The molecule has 11 nitrogen and oxygen atoms in total. The fourth-order valence-electron chi connectivity index (χ4n) is 4.07. The summed E-state index contributed by atoms with van der Waals surface area (Å²) in [5.74, 6) is -1.14.